The lowest BCUT2D eigenvalue weighted by atomic mass is 10.2. The molecule has 0 spiro atoms. The largest absolute Gasteiger partial charge is 0.496 e. The second kappa shape index (κ2) is 5.01. The van der Waals surface area contributed by atoms with Gasteiger partial charge in [-0.2, -0.15) is 0 Å². The molecule has 6 nitrogen and oxygen atoms in total. The lowest BCUT2D eigenvalue weighted by Crippen LogP contribution is -2.22. The Morgan fingerprint density at radius 1 is 1.53 bits per heavy atom. The molecule has 0 radical (unpaired) electrons. The fourth-order valence-electron chi connectivity index (χ4n) is 1.90. The molecule has 1 unspecified atom stereocenters. The number of nitro groups is 1. The van der Waals surface area contributed by atoms with E-state index in [1.807, 2.05) is 0 Å². The molecule has 1 fully saturated rings. The Kier molecular flexibility index (Phi) is 3.43. The summed E-state index contributed by atoms with van der Waals surface area (Å²) < 4.78 is 5.05. The van der Waals surface area contributed by atoms with Gasteiger partial charge in [-0.05, 0) is 13.0 Å². The van der Waals surface area contributed by atoms with Crippen LogP contribution in [0.1, 0.15) is 6.42 Å². The number of nitro benzene ring substituents is 1. The highest BCUT2D eigenvalue weighted by Crippen LogP contribution is 2.26. The Morgan fingerprint density at radius 3 is 2.94 bits per heavy atom. The van der Waals surface area contributed by atoms with Crippen molar-refractivity contribution in [2.45, 2.75) is 12.5 Å². The standard InChI is InChI=1S/C11H15N3O3/c1-17-11-5-9(4-10(6-11)14(15)16)13-8-2-3-12-7-8/h4-6,8,12-13H,2-3,7H2,1H3. The second-order valence-electron chi connectivity index (χ2n) is 4.01. The van der Waals surface area contributed by atoms with E-state index >= 15 is 0 Å². The van der Waals surface area contributed by atoms with Crippen molar-refractivity contribution in [2.24, 2.45) is 0 Å². The van der Waals surface area contributed by atoms with Crippen molar-refractivity contribution in [1.29, 1.82) is 0 Å². The van der Waals surface area contributed by atoms with Crippen molar-refractivity contribution in [3.63, 3.8) is 0 Å². The third-order valence-corrected chi connectivity index (χ3v) is 2.77. The van der Waals surface area contributed by atoms with Crippen LogP contribution < -0.4 is 15.4 Å². The molecule has 0 aromatic heterocycles. The number of anilines is 1. The summed E-state index contributed by atoms with van der Waals surface area (Å²) >= 11 is 0. The average molecular weight is 237 g/mol. The minimum atomic E-state index is -0.416. The Bertz CT molecular complexity index is 416. The Labute approximate surface area is 99.1 Å². The molecule has 1 aromatic carbocycles. The molecule has 1 atom stereocenters. The lowest BCUT2D eigenvalue weighted by Gasteiger charge is -2.13. The fraction of sp³-hybridized carbons (Fsp3) is 0.455. The van der Waals surface area contributed by atoms with E-state index in [0.717, 1.165) is 25.2 Å². The molecule has 0 aliphatic carbocycles. The van der Waals surface area contributed by atoms with Crippen LogP contribution in [-0.4, -0.2) is 31.2 Å². The first kappa shape index (κ1) is 11.7. The molecule has 2 rings (SSSR count). The maximum Gasteiger partial charge on any atom is 0.275 e. The summed E-state index contributed by atoms with van der Waals surface area (Å²) in [6.07, 6.45) is 1.02. The smallest absolute Gasteiger partial charge is 0.275 e. The van der Waals surface area contributed by atoms with Crippen LogP contribution in [0, 0.1) is 10.1 Å². The third kappa shape index (κ3) is 2.85. The van der Waals surface area contributed by atoms with Gasteiger partial charge in [-0.25, -0.2) is 0 Å². The van der Waals surface area contributed by atoms with Gasteiger partial charge >= 0.3 is 0 Å². The summed E-state index contributed by atoms with van der Waals surface area (Å²) in [4.78, 5) is 10.4. The zero-order chi connectivity index (χ0) is 12.3. The molecule has 1 aromatic rings. The quantitative estimate of drug-likeness (QED) is 0.611. The highest BCUT2D eigenvalue weighted by Gasteiger charge is 2.16. The number of nitrogens with one attached hydrogen (secondary N) is 2. The normalized spacial score (nSPS) is 19.0. The molecular formula is C11H15N3O3. The SMILES string of the molecule is COc1cc(NC2CCNC2)cc([N+](=O)[O-])c1. The second-order valence-corrected chi connectivity index (χ2v) is 4.01. The topological polar surface area (TPSA) is 76.4 Å². The maximum atomic E-state index is 10.8. The van der Waals surface area contributed by atoms with Gasteiger partial charge in [-0.15, -0.1) is 0 Å². The summed E-state index contributed by atoms with van der Waals surface area (Å²) in [6, 6.07) is 5.03. The summed E-state index contributed by atoms with van der Waals surface area (Å²) in [7, 11) is 1.50. The molecule has 1 saturated heterocycles. The van der Waals surface area contributed by atoms with Gasteiger partial charge in [0.05, 0.1) is 18.1 Å². The van der Waals surface area contributed by atoms with Crippen LogP contribution in [0.2, 0.25) is 0 Å². The van der Waals surface area contributed by atoms with Gasteiger partial charge in [0.25, 0.3) is 5.69 Å². The van der Waals surface area contributed by atoms with Gasteiger partial charge in [-0.3, -0.25) is 10.1 Å². The summed E-state index contributed by atoms with van der Waals surface area (Å²) in [5.74, 6) is 0.493. The molecule has 0 saturated carbocycles. The molecule has 92 valence electrons. The minimum absolute atomic E-state index is 0.0396. The van der Waals surface area contributed by atoms with Gasteiger partial charge in [0.1, 0.15) is 5.75 Å². The van der Waals surface area contributed by atoms with Gasteiger partial charge in [0.15, 0.2) is 0 Å². The summed E-state index contributed by atoms with van der Waals surface area (Å²) in [6.45, 7) is 1.86. The number of nitrogens with zero attached hydrogens (tertiary/aromatic N) is 1. The van der Waals surface area contributed by atoms with Crippen LogP contribution in [0.5, 0.6) is 5.75 Å². The van der Waals surface area contributed by atoms with Gasteiger partial charge in [-0.1, -0.05) is 0 Å². The van der Waals surface area contributed by atoms with E-state index in [0.29, 0.717) is 11.8 Å². The van der Waals surface area contributed by atoms with Gasteiger partial charge < -0.3 is 15.4 Å². The molecule has 1 aliphatic rings. The van der Waals surface area contributed by atoms with E-state index in [1.165, 1.54) is 19.2 Å². The molecule has 1 heterocycles. The average Bonchev–Trinajstić information content (AvgIpc) is 2.81. The van der Waals surface area contributed by atoms with Crippen molar-refractivity contribution >= 4 is 11.4 Å². The van der Waals surface area contributed by atoms with Crippen LogP contribution in [0.4, 0.5) is 11.4 Å². The van der Waals surface area contributed by atoms with Crippen molar-refractivity contribution in [3.8, 4) is 5.75 Å². The van der Waals surface area contributed by atoms with Crippen molar-refractivity contribution in [1.82, 2.24) is 5.32 Å². The van der Waals surface area contributed by atoms with E-state index in [9.17, 15) is 10.1 Å². The molecule has 17 heavy (non-hydrogen) atoms. The lowest BCUT2D eigenvalue weighted by molar-refractivity contribution is -0.384. The Balaban J connectivity index is 2.19. The number of ether oxygens (including phenoxy) is 1. The van der Waals surface area contributed by atoms with Crippen molar-refractivity contribution < 1.29 is 9.66 Å². The van der Waals surface area contributed by atoms with E-state index in [-0.39, 0.29) is 5.69 Å². The zero-order valence-electron chi connectivity index (χ0n) is 9.60. The van der Waals surface area contributed by atoms with Crippen LogP contribution in [0.15, 0.2) is 18.2 Å². The maximum absolute atomic E-state index is 10.8. The summed E-state index contributed by atoms with van der Waals surface area (Å²) in [5, 5.41) is 17.3. The van der Waals surface area contributed by atoms with E-state index < -0.39 is 4.92 Å². The monoisotopic (exact) mass is 237 g/mol. The molecule has 0 bridgehead atoms. The van der Waals surface area contributed by atoms with E-state index in [2.05, 4.69) is 10.6 Å². The van der Waals surface area contributed by atoms with E-state index in [4.69, 9.17) is 4.74 Å². The zero-order valence-corrected chi connectivity index (χ0v) is 9.60. The molecular weight excluding hydrogens is 222 g/mol. The van der Waals surface area contributed by atoms with Crippen LogP contribution >= 0.6 is 0 Å². The van der Waals surface area contributed by atoms with E-state index in [1.54, 1.807) is 6.07 Å². The number of methoxy groups -OCH3 is 1. The van der Waals surface area contributed by atoms with Crippen LogP contribution in [0.3, 0.4) is 0 Å². The molecule has 1 aliphatic heterocycles. The Morgan fingerprint density at radius 2 is 2.35 bits per heavy atom. The highest BCUT2D eigenvalue weighted by molar-refractivity contribution is 5.56. The number of hydrogen-bond acceptors (Lipinski definition) is 5. The van der Waals surface area contributed by atoms with Gasteiger partial charge in [0.2, 0.25) is 0 Å². The first-order valence-electron chi connectivity index (χ1n) is 5.50. The predicted molar refractivity (Wildman–Crippen MR) is 64.5 cm³/mol. The first-order chi connectivity index (χ1) is 8.19. The number of rotatable bonds is 4. The van der Waals surface area contributed by atoms with Crippen molar-refractivity contribution in [2.75, 3.05) is 25.5 Å². The highest BCUT2D eigenvalue weighted by atomic mass is 16.6. The predicted octanol–water partition coefficient (Wildman–Crippen LogP) is 1.38. The first-order valence-corrected chi connectivity index (χ1v) is 5.50. The van der Waals surface area contributed by atoms with Crippen molar-refractivity contribution in [3.05, 3.63) is 28.3 Å². The van der Waals surface area contributed by atoms with Gasteiger partial charge in [0, 0.05) is 30.4 Å². The third-order valence-electron chi connectivity index (χ3n) is 2.77. The Hall–Kier alpha value is -1.82. The van der Waals surface area contributed by atoms with Crippen LogP contribution in [0.25, 0.3) is 0 Å². The summed E-state index contributed by atoms with van der Waals surface area (Å²) in [5.41, 5.74) is 0.766. The van der Waals surface area contributed by atoms with Crippen LogP contribution in [-0.2, 0) is 0 Å². The molecule has 6 heteroatoms. The number of benzene rings is 1. The number of hydrogen-bond donors (Lipinski definition) is 2. The fourth-order valence-corrected chi connectivity index (χ4v) is 1.90. The number of non-ortho nitro benzene ring substituents is 1. The molecule has 0 amide bonds. The molecule has 2 N–H and O–H groups in total. The minimum Gasteiger partial charge on any atom is -0.496 e.